The molecule has 0 aliphatic carbocycles. The van der Waals surface area contributed by atoms with Crippen molar-refractivity contribution in [2.45, 2.75) is 59.2 Å². The number of ether oxygens (including phenoxy) is 1. The molecule has 0 aliphatic heterocycles. The minimum atomic E-state index is 0.126. The first-order valence-electron chi connectivity index (χ1n) is 7.69. The Morgan fingerprint density at radius 1 is 1.05 bits per heavy atom. The quantitative estimate of drug-likeness (QED) is 0.789. The van der Waals surface area contributed by atoms with E-state index in [1.165, 1.54) is 5.56 Å². The first kappa shape index (κ1) is 17.0. The Morgan fingerprint density at radius 2 is 1.60 bits per heavy atom. The van der Waals surface area contributed by atoms with Crippen molar-refractivity contribution >= 4 is 0 Å². The van der Waals surface area contributed by atoms with E-state index in [1.54, 1.807) is 0 Å². The van der Waals surface area contributed by atoms with E-state index in [1.807, 2.05) is 12.1 Å². The Hall–Kier alpha value is -1.06. The molecule has 0 unspecified atom stereocenters. The van der Waals surface area contributed by atoms with Gasteiger partial charge in [-0.05, 0) is 51.8 Å². The van der Waals surface area contributed by atoms with Crippen molar-refractivity contribution < 1.29 is 4.74 Å². The van der Waals surface area contributed by atoms with Crippen molar-refractivity contribution in [2.75, 3.05) is 13.2 Å². The predicted octanol–water partition coefficient (Wildman–Crippen LogP) is 3.59. The molecule has 1 aromatic rings. The van der Waals surface area contributed by atoms with Crippen LogP contribution in [0.15, 0.2) is 24.3 Å². The van der Waals surface area contributed by atoms with Gasteiger partial charge in [0.2, 0.25) is 0 Å². The largest absolute Gasteiger partial charge is 0.492 e. The van der Waals surface area contributed by atoms with Crippen LogP contribution in [0.25, 0.3) is 0 Å². The smallest absolute Gasteiger partial charge is 0.119 e. The summed E-state index contributed by atoms with van der Waals surface area (Å²) in [5.41, 5.74) is 7.18. The van der Waals surface area contributed by atoms with Gasteiger partial charge in [-0.15, -0.1) is 0 Å². The normalized spacial score (nSPS) is 13.2. The third kappa shape index (κ3) is 5.14. The first-order chi connectivity index (χ1) is 9.45. The molecule has 0 radical (unpaired) electrons. The van der Waals surface area contributed by atoms with E-state index in [4.69, 9.17) is 10.5 Å². The lowest BCUT2D eigenvalue weighted by Crippen LogP contribution is -2.39. The van der Waals surface area contributed by atoms with E-state index >= 15 is 0 Å². The van der Waals surface area contributed by atoms with Crippen LogP contribution in [-0.4, -0.2) is 30.1 Å². The van der Waals surface area contributed by atoms with Gasteiger partial charge < -0.3 is 10.5 Å². The van der Waals surface area contributed by atoms with Gasteiger partial charge in [-0.3, -0.25) is 4.90 Å². The monoisotopic (exact) mass is 278 g/mol. The van der Waals surface area contributed by atoms with E-state index in [9.17, 15) is 0 Å². The summed E-state index contributed by atoms with van der Waals surface area (Å²) in [4.78, 5) is 2.43. The molecule has 1 rings (SSSR count). The maximum absolute atomic E-state index is 6.00. The van der Waals surface area contributed by atoms with Crippen LogP contribution in [0.5, 0.6) is 5.75 Å². The average molecular weight is 278 g/mol. The van der Waals surface area contributed by atoms with Gasteiger partial charge in [0, 0.05) is 24.7 Å². The molecule has 3 heteroatoms. The minimum Gasteiger partial charge on any atom is -0.492 e. The van der Waals surface area contributed by atoms with Gasteiger partial charge in [-0.25, -0.2) is 0 Å². The highest BCUT2D eigenvalue weighted by Gasteiger charge is 2.12. The number of nitrogens with zero attached hydrogens (tertiary/aromatic N) is 1. The molecule has 0 aromatic heterocycles. The number of nitrogens with two attached hydrogens (primary N) is 1. The van der Waals surface area contributed by atoms with Gasteiger partial charge in [0.25, 0.3) is 0 Å². The summed E-state index contributed by atoms with van der Waals surface area (Å²) in [5, 5.41) is 0. The number of hydrogen-bond acceptors (Lipinski definition) is 3. The van der Waals surface area contributed by atoms with Gasteiger partial charge in [0.1, 0.15) is 12.4 Å². The van der Waals surface area contributed by atoms with Crippen molar-refractivity contribution in [3.63, 3.8) is 0 Å². The Bertz CT molecular complexity index is 365. The molecule has 1 atom stereocenters. The second kappa shape index (κ2) is 8.28. The van der Waals surface area contributed by atoms with Crippen LogP contribution >= 0.6 is 0 Å². The molecule has 3 nitrogen and oxygen atoms in total. The van der Waals surface area contributed by atoms with E-state index < -0.39 is 0 Å². The molecule has 0 bridgehead atoms. The fourth-order valence-corrected chi connectivity index (χ4v) is 2.43. The van der Waals surface area contributed by atoms with E-state index in [2.05, 4.69) is 51.7 Å². The molecule has 0 spiro atoms. The molecule has 114 valence electrons. The summed E-state index contributed by atoms with van der Waals surface area (Å²) in [7, 11) is 0. The van der Waals surface area contributed by atoms with Crippen LogP contribution in [0.2, 0.25) is 0 Å². The number of hydrogen-bond donors (Lipinski definition) is 1. The van der Waals surface area contributed by atoms with Gasteiger partial charge in [-0.2, -0.15) is 0 Å². The Morgan fingerprint density at radius 3 is 2.05 bits per heavy atom. The second-order valence-electron chi connectivity index (χ2n) is 5.86. The van der Waals surface area contributed by atoms with Crippen molar-refractivity contribution in [1.29, 1.82) is 0 Å². The van der Waals surface area contributed by atoms with Gasteiger partial charge >= 0.3 is 0 Å². The molecule has 0 amide bonds. The molecule has 0 saturated carbocycles. The Balaban J connectivity index is 2.46. The van der Waals surface area contributed by atoms with Crippen molar-refractivity contribution in [1.82, 2.24) is 4.90 Å². The highest BCUT2D eigenvalue weighted by molar-refractivity contribution is 5.28. The van der Waals surface area contributed by atoms with Gasteiger partial charge in [-0.1, -0.05) is 19.1 Å². The van der Waals surface area contributed by atoms with Crippen LogP contribution in [0.4, 0.5) is 0 Å². The zero-order chi connectivity index (χ0) is 15.1. The molecule has 20 heavy (non-hydrogen) atoms. The summed E-state index contributed by atoms with van der Waals surface area (Å²) >= 11 is 0. The maximum Gasteiger partial charge on any atom is 0.119 e. The first-order valence-corrected chi connectivity index (χ1v) is 7.69. The topological polar surface area (TPSA) is 38.5 Å². The Kier molecular flexibility index (Phi) is 7.03. The zero-order valence-corrected chi connectivity index (χ0v) is 13.6. The summed E-state index contributed by atoms with van der Waals surface area (Å²) < 4.78 is 5.82. The predicted molar refractivity (Wildman–Crippen MR) is 86.1 cm³/mol. The number of benzene rings is 1. The second-order valence-corrected chi connectivity index (χ2v) is 5.86. The average Bonchev–Trinajstić information content (AvgIpc) is 2.42. The lowest BCUT2D eigenvalue weighted by atomic mass is 10.1. The lowest BCUT2D eigenvalue weighted by molar-refractivity contribution is 0.142. The maximum atomic E-state index is 6.00. The van der Waals surface area contributed by atoms with E-state index in [-0.39, 0.29) is 6.04 Å². The lowest BCUT2D eigenvalue weighted by Gasteiger charge is -2.30. The number of rotatable bonds is 8. The molecular weight excluding hydrogens is 248 g/mol. The third-order valence-corrected chi connectivity index (χ3v) is 3.69. The zero-order valence-electron chi connectivity index (χ0n) is 13.6. The van der Waals surface area contributed by atoms with Crippen LogP contribution in [0.1, 0.15) is 52.6 Å². The minimum absolute atomic E-state index is 0.126. The fourth-order valence-electron chi connectivity index (χ4n) is 2.43. The Labute approximate surface area is 124 Å². The summed E-state index contributed by atoms with van der Waals surface area (Å²) in [6.45, 7) is 12.7. The highest BCUT2D eigenvalue weighted by atomic mass is 16.5. The summed E-state index contributed by atoms with van der Waals surface area (Å²) in [5.74, 6) is 0.921. The fraction of sp³-hybridized carbons (Fsp3) is 0.647. The van der Waals surface area contributed by atoms with Crippen LogP contribution in [-0.2, 0) is 0 Å². The molecule has 0 fully saturated rings. The van der Waals surface area contributed by atoms with Crippen molar-refractivity contribution in [3.05, 3.63) is 29.8 Å². The van der Waals surface area contributed by atoms with Gasteiger partial charge in [0.05, 0.1) is 0 Å². The molecule has 0 saturated heterocycles. The summed E-state index contributed by atoms with van der Waals surface area (Å²) in [6.07, 6.45) is 0.956. The van der Waals surface area contributed by atoms with Crippen LogP contribution in [0.3, 0.4) is 0 Å². The van der Waals surface area contributed by atoms with E-state index in [0.717, 1.165) is 25.3 Å². The third-order valence-electron chi connectivity index (χ3n) is 3.69. The van der Waals surface area contributed by atoms with Crippen LogP contribution in [0, 0.1) is 0 Å². The SMILES string of the molecule is CC[C@@H](N)c1ccc(OCCN(C(C)C)C(C)C)cc1. The standard InChI is InChI=1S/C17H30N2O/c1-6-17(18)15-7-9-16(10-8-15)20-12-11-19(13(2)3)14(4)5/h7-10,13-14,17H,6,11-12,18H2,1-5H3/t17-/m1/s1. The molecule has 0 aliphatic rings. The van der Waals surface area contributed by atoms with Gasteiger partial charge in [0.15, 0.2) is 0 Å². The summed E-state index contributed by atoms with van der Waals surface area (Å²) in [6, 6.07) is 9.37. The van der Waals surface area contributed by atoms with Crippen molar-refractivity contribution in [3.8, 4) is 5.75 Å². The van der Waals surface area contributed by atoms with Crippen molar-refractivity contribution in [2.24, 2.45) is 5.73 Å². The molecule has 2 N–H and O–H groups in total. The van der Waals surface area contributed by atoms with Crippen LogP contribution < -0.4 is 10.5 Å². The molecule has 1 aromatic carbocycles. The van der Waals surface area contributed by atoms with E-state index in [0.29, 0.717) is 12.1 Å². The molecule has 0 heterocycles. The highest BCUT2D eigenvalue weighted by Crippen LogP contribution is 2.18. The molecular formula is C17H30N2O.